The van der Waals surface area contributed by atoms with E-state index in [9.17, 15) is 0 Å². The fourth-order valence-electron chi connectivity index (χ4n) is 8.18. The zero-order chi connectivity index (χ0) is 34.1. The number of anilines is 3. The third kappa shape index (κ3) is 4.90. The minimum absolute atomic E-state index is 0.0286. The standard InChI is InChI=1S/C49H35NS/c1-49(2)45-16-7-5-14-41(45)42-26-22-37(30-46(42)49)33-20-23-38(24-21-33)50(40-25-27-48-44(31-40)43-15-6-8-17-47(43)51-48)39-13-9-12-35(29-39)36-19-18-32-10-3-4-11-34(32)28-36/h3-31H,1-2H3. The first kappa shape index (κ1) is 29.9. The number of benzene rings is 8. The van der Waals surface area contributed by atoms with Gasteiger partial charge in [-0.3, -0.25) is 0 Å². The summed E-state index contributed by atoms with van der Waals surface area (Å²) in [4.78, 5) is 2.41. The van der Waals surface area contributed by atoms with Crippen molar-refractivity contribution in [2.45, 2.75) is 19.3 Å². The van der Waals surface area contributed by atoms with Crippen molar-refractivity contribution in [2.75, 3.05) is 4.90 Å². The highest BCUT2D eigenvalue weighted by molar-refractivity contribution is 7.25. The van der Waals surface area contributed by atoms with Gasteiger partial charge in [0, 0.05) is 42.6 Å². The van der Waals surface area contributed by atoms with Gasteiger partial charge in [0.2, 0.25) is 0 Å². The van der Waals surface area contributed by atoms with E-state index in [1.807, 2.05) is 11.3 Å². The Balaban J connectivity index is 1.08. The summed E-state index contributed by atoms with van der Waals surface area (Å²) in [5.41, 5.74) is 13.8. The maximum atomic E-state index is 2.41. The molecule has 1 heterocycles. The second kappa shape index (κ2) is 11.6. The van der Waals surface area contributed by atoms with Crippen LogP contribution in [0.1, 0.15) is 25.0 Å². The molecule has 1 aromatic heterocycles. The Morgan fingerprint density at radius 2 is 1.04 bits per heavy atom. The highest BCUT2D eigenvalue weighted by Crippen LogP contribution is 2.50. The first-order valence-corrected chi connectivity index (χ1v) is 18.5. The molecule has 0 amide bonds. The van der Waals surface area contributed by atoms with Gasteiger partial charge >= 0.3 is 0 Å². The van der Waals surface area contributed by atoms with E-state index < -0.39 is 0 Å². The third-order valence-corrected chi connectivity index (χ3v) is 12.0. The molecule has 0 radical (unpaired) electrons. The van der Waals surface area contributed by atoms with E-state index in [-0.39, 0.29) is 5.41 Å². The Bertz CT molecular complexity index is 2780. The van der Waals surface area contributed by atoms with E-state index in [1.165, 1.54) is 75.5 Å². The van der Waals surface area contributed by atoms with E-state index in [4.69, 9.17) is 0 Å². The molecule has 1 nitrogen and oxygen atoms in total. The fourth-order valence-corrected chi connectivity index (χ4v) is 9.27. The number of fused-ring (bicyclic) bond motifs is 7. The number of hydrogen-bond acceptors (Lipinski definition) is 2. The van der Waals surface area contributed by atoms with Gasteiger partial charge in [-0.15, -0.1) is 11.3 Å². The predicted molar refractivity (Wildman–Crippen MR) is 220 cm³/mol. The average molecular weight is 670 g/mol. The van der Waals surface area contributed by atoms with Crippen LogP contribution >= 0.6 is 11.3 Å². The lowest BCUT2D eigenvalue weighted by atomic mass is 9.81. The molecule has 8 aromatic carbocycles. The number of hydrogen-bond donors (Lipinski definition) is 0. The van der Waals surface area contributed by atoms with Crippen molar-refractivity contribution in [3.8, 4) is 33.4 Å². The van der Waals surface area contributed by atoms with Gasteiger partial charge in [-0.2, -0.15) is 0 Å². The molecule has 10 rings (SSSR count). The second-order valence-electron chi connectivity index (χ2n) is 14.2. The van der Waals surface area contributed by atoms with Crippen LogP contribution in [0.25, 0.3) is 64.3 Å². The molecule has 242 valence electrons. The summed E-state index contributed by atoms with van der Waals surface area (Å²) in [6.07, 6.45) is 0. The molecule has 51 heavy (non-hydrogen) atoms. The van der Waals surface area contributed by atoms with E-state index >= 15 is 0 Å². The van der Waals surface area contributed by atoms with Crippen LogP contribution in [-0.4, -0.2) is 0 Å². The summed E-state index contributed by atoms with van der Waals surface area (Å²) in [6.45, 7) is 4.70. The van der Waals surface area contributed by atoms with Gasteiger partial charge in [0.05, 0.1) is 0 Å². The van der Waals surface area contributed by atoms with Gasteiger partial charge in [-0.25, -0.2) is 0 Å². The summed E-state index contributed by atoms with van der Waals surface area (Å²) in [7, 11) is 0. The maximum Gasteiger partial charge on any atom is 0.0468 e. The van der Waals surface area contributed by atoms with Crippen LogP contribution in [0.2, 0.25) is 0 Å². The molecule has 1 aliphatic carbocycles. The minimum atomic E-state index is -0.0286. The van der Waals surface area contributed by atoms with Gasteiger partial charge in [0.15, 0.2) is 0 Å². The molecule has 9 aromatic rings. The molecule has 2 heteroatoms. The fraction of sp³-hybridized carbons (Fsp3) is 0.0612. The zero-order valence-corrected chi connectivity index (χ0v) is 29.4. The van der Waals surface area contributed by atoms with E-state index in [0.29, 0.717) is 0 Å². The Kier molecular flexibility index (Phi) is 6.78. The zero-order valence-electron chi connectivity index (χ0n) is 28.6. The Morgan fingerprint density at radius 3 is 1.94 bits per heavy atom. The molecule has 0 atom stereocenters. The average Bonchev–Trinajstić information content (AvgIpc) is 3.66. The van der Waals surface area contributed by atoms with Gasteiger partial charge in [0.1, 0.15) is 0 Å². The van der Waals surface area contributed by atoms with Crippen LogP contribution in [0.3, 0.4) is 0 Å². The summed E-state index contributed by atoms with van der Waals surface area (Å²) in [6, 6.07) is 65.0. The van der Waals surface area contributed by atoms with Crippen molar-refractivity contribution in [1.82, 2.24) is 0 Å². The van der Waals surface area contributed by atoms with Crippen LogP contribution in [0.15, 0.2) is 176 Å². The molecule has 0 saturated carbocycles. The summed E-state index contributed by atoms with van der Waals surface area (Å²) < 4.78 is 2.63. The lowest BCUT2D eigenvalue weighted by Crippen LogP contribution is -2.14. The summed E-state index contributed by atoms with van der Waals surface area (Å²) in [5, 5.41) is 5.11. The predicted octanol–water partition coefficient (Wildman–Crippen LogP) is 14.3. The van der Waals surface area contributed by atoms with E-state index in [0.717, 1.165) is 17.1 Å². The Labute approximate surface area is 302 Å². The van der Waals surface area contributed by atoms with Gasteiger partial charge in [0.25, 0.3) is 0 Å². The van der Waals surface area contributed by atoms with Gasteiger partial charge < -0.3 is 4.90 Å². The first-order chi connectivity index (χ1) is 25.0. The van der Waals surface area contributed by atoms with Crippen molar-refractivity contribution in [3.05, 3.63) is 187 Å². The lowest BCUT2D eigenvalue weighted by molar-refractivity contribution is 0.660. The van der Waals surface area contributed by atoms with Crippen LogP contribution in [0, 0.1) is 0 Å². The molecule has 0 fully saturated rings. The van der Waals surface area contributed by atoms with Crippen molar-refractivity contribution < 1.29 is 0 Å². The van der Waals surface area contributed by atoms with Crippen molar-refractivity contribution in [1.29, 1.82) is 0 Å². The molecule has 0 saturated heterocycles. The Morgan fingerprint density at radius 1 is 0.392 bits per heavy atom. The van der Waals surface area contributed by atoms with Crippen LogP contribution in [0.5, 0.6) is 0 Å². The first-order valence-electron chi connectivity index (χ1n) is 17.7. The van der Waals surface area contributed by atoms with Crippen molar-refractivity contribution >= 4 is 59.3 Å². The molecule has 0 spiro atoms. The Hall–Kier alpha value is -5.96. The van der Waals surface area contributed by atoms with E-state index in [1.54, 1.807) is 0 Å². The van der Waals surface area contributed by atoms with E-state index in [2.05, 4.69) is 195 Å². The monoisotopic (exact) mass is 669 g/mol. The minimum Gasteiger partial charge on any atom is -0.310 e. The topological polar surface area (TPSA) is 3.24 Å². The maximum absolute atomic E-state index is 2.41. The molecule has 0 unspecified atom stereocenters. The number of rotatable bonds is 5. The SMILES string of the molecule is CC1(C)c2ccccc2-c2ccc(-c3ccc(N(c4cccc(-c5ccc6ccccc6c5)c4)c4ccc5sc6ccccc6c5c4)cc3)cc21. The van der Waals surface area contributed by atoms with Gasteiger partial charge in [-0.1, -0.05) is 129 Å². The van der Waals surface area contributed by atoms with Crippen LogP contribution in [0.4, 0.5) is 17.1 Å². The molecular formula is C49H35NS. The quantitative estimate of drug-likeness (QED) is 0.176. The van der Waals surface area contributed by atoms with Crippen molar-refractivity contribution in [3.63, 3.8) is 0 Å². The molecule has 1 aliphatic rings. The third-order valence-electron chi connectivity index (χ3n) is 10.8. The largest absolute Gasteiger partial charge is 0.310 e. The molecular weight excluding hydrogens is 635 g/mol. The highest BCUT2D eigenvalue weighted by atomic mass is 32.1. The summed E-state index contributed by atoms with van der Waals surface area (Å²) >= 11 is 1.86. The number of nitrogens with zero attached hydrogens (tertiary/aromatic N) is 1. The molecule has 0 aliphatic heterocycles. The number of thiophene rings is 1. The second-order valence-corrected chi connectivity index (χ2v) is 15.3. The van der Waals surface area contributed by atoms with Crippen LogP contribution < -0.4 is 4.90 Å². The normalized spacial score (nSPS) is 13.1. The summed E-state index contributed by atoms with van der Waals surface area (Å²) in [5.74, 6) is 0. The molecule has 0 N–H and O–H groups in total. The van der Waals surface area contributed by atoms with Crippen molar-refractivity contribution in [2.24, 2.45) is 0 Å². The molecule has 0 bridgehead atoms. The van der Waals surface area contributed by atoms with Crippen LogP contribution in [-0.2, 0) is 5.41 Å². The highest BCUT2D eigenvalue weighted by Gasteiger charge is 2.35. The lowest BCUT2D eigenvalue weighted by Gasteiger charge is -2.26. The smallest absolute Gasteiger partial charge is 0.0468 e. The van der Waals surface area contributed by atoms with Gasteiger partial charge in [-0.05, 0) is 116 Å².